The van der Waals surface area contributed by atoms with E-state index in [1.54, 1.807) is 19.2 Å². The molecule has 0 bridgehead atoms. The van der Waals surface area contributed by atoms with Gasteiger partial charge in [-0.2, -0.15) is 5.26 Å². The van der Waals surface area contributed by atoms with Gasteiger partial charge in [-0.05, 0) is 52.8 Å². The molecular weight excluding hydrogens is 455 g/mol. The fourth-order valence-electron chi connectivity index (χ4n) is 1.93. The molecule has 0 aromatic heterocycles. The van der Waals surface area contributed by atoms with Crippen LogP contribution in [0.5, 0.6) is 11.5 Å². The highest BCUT2D eigenvalue weighted by Gasteiger charge is 2.14. The van der Waals surface area contributed by atoms with Crippen LogP contribution < -0.4 is 14.8 Å². The fourth-order valence-corrected chi connectivity index (χ4v) is 2.71. The lowest BCUT2D eigenvalue weighted by molar-refractivity contribution is -0.139. The zero-order valence-electron chi connectivity index (χ0n) is 14.4. The SMILES string of the molecule is COCCCNC(=O)/C(C#N)=C/c1cc(I)c(OCC(=O)O)c(OC)c1. The molecule has 0 unspecified atom stereocenters. The first-order chi connectivity index (χ1) is 12.4. The molecule has 0 aliphatic carbocycles. The van der Waals surface area contributed by atoms with Crippen molar-refractivity contribution >= 4 is 40.5 Å². The molecule has 0 radical (unpaired) electrons. The Balaban J connectivity index is 3.00. The number of aliphatic carboxylic acids is 1. The number of halogens is 1. The number of carbonyl (C=O) groups excluding carboxylic acids is 1. The van der Waals surface area contributed by atoms with E-state index in [0.29, 0.717) is 34.5 Å². The lowest BCUT2D eigenvalue weighted by atomic mass is 10.1. The maximum absolute atomic E-state index is 12.1. The molecule has 1 aromatic rings. The van der Waals surface area contributed by atoms with Gasteiger partial charge in [0.05, 0.1) is 10.7 Å². The number of nitrogens with one attached hydrogen (secondary N) is 1. The Bertz CT molecular complexity index is 727. The van der Waals surface area contributed by atoms with Gasteiger partial charge >= 0.3 is 5.97 Å². The van der Waals surface area contributed by atoms with Gasteiger partial charge in [-0.15, -0.1) is 0 Å². The third kappa shape index (κ3) is 6.89. The third-order valence-electron chi connectivity index (χ3n) is 3.08. The number of methoxy groups -OCH3 is 2. The summed E-state index contributed by atoms with van der Waals surface area (Å²) >= 11 is 1.97. The van der Waals surface area contributed by atoms with Crippen molar-refractivity contribution < 1.29 is 28.9 Å². The number of carboxylic acid groups (broad SMARTS) is 1. The van der Waals surface area contributed by atoms with Gasteiger partial charge in [0.25, 0.3) is 5.91 Å². The number of rotatable bonds is 10. The predicted octanol–water partition coefficient (Wildman–Crippen LogP) is 1.82. The lowest BCUT2D eigenvalue weighted by Gasteiger charge is -2.12. The Morgan fingerprint density at radius 2 is 2.12 bits per heavy atom. The molecule has 2 N–H and O–H groups in total. The Labute approximate surface area is 164 Å². The normalized spacial score (nSPS) is 10.8. The van der Waals surface area contributed by atoms with Gasteiger partial charge in [0.2, 0.25) is 0 Å². The van der Waals surface area contributed by atoms with Gasteiger partial charge in [-0.3, -0.25) is 4.79 Å². The monoisotopic (exact) mass is 474 g/mol. The van der Waals surface area contributed by atoms with Crippen LogP contribution in [0.2, 0.25) is 0 Å². The predicted molar refractivity (Wildman–Crippen MR) is 102 cm³/mol. The van der Waals surface area contributed by atoms with E-state index in [2.05, 4.69) is 5.32 Å². The van der Waals surface area contributed by atoms with E-state index < -0.39 is 18.5 Å². The molecule has 0 aliphatic rings. The van der Waals surface area contributed by atoms with Crippen LogP contribution >= 0.6 is 22.6 Å². The van der Waals surface area contributed by atoms with Gasteiger partial charge in [0.1, 0.15) is 11.6 Å². The number of nitriles is 1. The summed E-state index contributed by atoms with van der Waals surface area (Å²) in [6, 6.07) is 5.10. The van der Waals surface area contributed by atoms with Crippen molar-refractivity contribution in [2.45, 2.75) is 6.42 Å². The van der Waals surface area contributed by atoms with Gasteiger partial charge in [0.15, 0.2) is 18.1 Å². The molecule has 0 spiro atoms. The third-order valence-corrected chi connectivity index (χ3v) is 3.88. The van der Waals surface area contributed by atoms with Crippen molar-refractivity contribution in [3.63, 3.8) is 0 Å². The first-order valence-corrected chi connectivity index (χ1v) is 8.61. The summed E-state index contributed by atoms with van der Waals surface area (Å²) < 4.78 is 15.9. The van der Waals surface area contributed by atoms with Crippen LogP contribution in [0, 0.1) is 14.9 Å². The molecule has 140 valence electrons. The molecular formula is C17H19IN2O6. The molecule has 8 nitrogen and oxygen atoms in total. The Morgan fingerprint density at radius 3 is 2.69 bits per heavy atom. The van der Waals surface area contributed by atoms with E-state index in [9.17, 15) is 14.9 Å². The summed E-state index contributed by atoms with van der Waals surface area (Å²) in [4.78, 5) is 22.7. The maximum Gasteiger partial charge on any atom is 0.341 e. The zero-order valence-corrected chi connectivity index (χ0v) is 16.5. The van der Waals surface area contributed by atoms with Crippen LogP contribution in [0.25, 0.3) is 6.08 Å². The molecule has 0 aliphatic heterocycles. The highest BCUT2D eigenvalue weighted by molar-refractivity contribution is 14.1. The minimum Gasteiger partial charge on any atom is -0.493 e. The molecule has 26 heavy (non-hydrogen) atoms. The van der Waals surface area contributed by atoms with Crippen LogP contribution in [-0.4, -0.2) is 51.0 Å². The second-order valence-corrected chi connectivity index (χ2v) is 6.15. The number of hydrogen-bond acceptors (Lipinski definition) is 6. The highest BCUT2D eigenvalue weighted by Crippen LogP contribution is 2.34. The summed E-state index contributed by atoms with van der Waals surface area (Å²) in [5.74, 6) is -0.995. The second-order valence-electron chi connectivity index (χ2n) is 4.99. The van der Waals surface area contributed by atoms with Gasteiger partial charge in [-0.25, -0.2) is 4.79 Å². The number of ether oxygens (including phenoxy) is 3. The smallest absolute Gasteiger partial charge is 0.341 e. The molecule has 0 fully saturated rings. The van der Waals surface area contributed by atoms with Crippen LogP contribution in [0.15, 0.2) is 17.7 Å². The summed E-state index contributed by atoms with van der Waals surface area (Å²) in [7, 11) is 2.99. The minimum atomic E-state index is -1.11. The Kier molecular flexibility index (Phi) is 9.46. The molecule has 1 rings (SSSR count). The zero-order chi connectivity index (χ0) is 19.5. The molecule has 9 heteroatoms. The molecule has 1 amide bonds. The summed E-state index contributed by atoms with van der Waals surface area (Å²) in [5.41, 5.74) is 0.497. The van der Waals surface area contributed by atoms with Crippen molar-refractivity contribution in [1.29, 1.82) is 5.26 Å². The van der Waals surface area contributed by atoms with Crippen LogP contribution in [0.1, 0.15) is 12.0 Å². The quantitative estimate of drug-likeness (QED) is 0.230. The number of nitrogens with zero attached hydrogens (tertiary/aromatic N) is 1. The number of amides is 1. The number of carboxylic acids is 1. The van der Waals surface area contributed by atoms with Crippen molar-refractivity contribution in [3.05, 3.63) is 26.8 Å². The summed E-state index contributed by atoms with van der Waals surface area (Å²) in [6.07, 6.45) is 2.07. The van der Waals surface area contributed by atoms with E-state index >= 15 is 0 Å². The average molecular weight is 474 g/mol. The van der Waals surface area contributed by atoms with Crippen molar-refractivity contribution in [2.75, 3.05) is 34.0 Å². The van der Waals surface area contributed by atoms with E-state index in [-0.39, 0.29) is 11.3 Å². The first kappa shape index (κ1) is 21.7. The van der Waals surface area contributed by atoms with Crippen molar-refractivity contribution in [2.24, 2.45) is 0 Å². The second kappa shape index (κ2) is 11.3. The minimum absolute atomic E-state index is 0.0560. The van der Waals surface area contributed by atoms with Crippen molar-refractivity contribution in [1.82, 2.24) is 5.32 Å². The van der Waals surface area contributed by atoms with E-state index in [0.717, 1.165) is 0 Å². The van der Waals surface area contributed by atoms with Crippen LogP contribution in [0.3, 0.4) is 0 Å². The van der Waals surface area contributed by atoms with Gasteiger partial charge in [-0.1, -0.05) is 0 Å². The van der Waals surface area contributed by atoms with Gasteiger partial charge in [0, 0.05) is 20.3 Å². The first-order valence-electron chi connectivity index (χ1n) is 7.54. The molecule has 1 aromatic carbocycles. The van der Waals surface area contributed by atoms with Crippen LogP contribution in [-0.2, 0) is 14.3 Å². The summed E-state index contributed by atoms with van der Waals surface area (Å²) in [6.45, 7) is 0.405. The van der Waals surface area contributed by atoms with E-state index in [4.69, 9.17) is 19.3 Å². The van der Waals surface area contributed by atoms with Crippen molar-refractivity contribution in [3.8, 4) is 17.6 Å². The molecule has 0 saturated heterocycles. The number of hydrogen-bond donors (Lipinski definition) is 2. The van der Waals surface area contributed by atoms with E-state index in [1.165, 1.54) is 13.2 Å². The Hall–Kier alpha value is -2.32. The van der Waals surface area contributed by atoms with E-state index in [1.807, 2.05) is 28.7 Å². The number of benzene rings is 1. The average Bonchev–Trinajstić information content (AvgIpc) is 2.61. The standard InChI is InChI=1S/C17H19IN2O6/c1-24-5-3-4-20-17(23)12(9-19)6-11-7-13(18)16(14(8-11)25-2)26-10-15(21)22/h6-8H,3-5,10H2,1-2H3,(H,20,23)(H,21,22)/b12-6+. The molecule has 0 heterocycles. The highest BCUT2D eigenvalue weighted by atomic mass is 127. The Morgan fingerprint density at radius 1 is 1.38 bits per heavy atom. The maximum atomic E-state index is 12.1. The molecule has 0 saturated carbocycles. The molecule has 0 atom stereocenters. The van der Waals surface area contributed by atoms with Gasteiger partial charge < -0.3 is 24.6 Å². The summed E-state index contributed by atoms with van der Waals surface area (Å²) in [5, 5.41) is 20.6. The lowest BCUT2D eigenvalue weighted by Crippen LogP contribution is -2.26. The van der Waals surface area contributed by atoms with Crippen LogP contribution in [0.4, 0.5) is 0 Å². The largest absolute Gasteiger partial charge is 0.493 e. The fraction of sp³-hybridized carbons (Fsp3) is 0.353. The number of carbonyl (C=O) groups is 2. The topological polar surface area (TPSA) is 118 Å².